The molecule has 3 N–H and O–H groups in total. The van der Waals surface area contributed by atoms with Crippen LogP contribution in [0.15, 0.2) is 11.4 Å². The fourth-order valence-corrected chi connectivity index (χ4v) is 3.10. The Morgan fingerprint density at radius 2 is 2.28 bits per heavy atom. The molecule has 0 saturated carbocycles. The molecule has 102 valence electrons. The summed E-state index contributed by atoms with van der Waals surface area (Å²) in [6.45, 7) is 8.51. The van der Waals surface area contributed by atoms with Crippen molar-refractivity contribution in [1.82, 2.24) is 10.2 Å². The summed E-state index contributed by atoms with van der Waals surface area (Å²) in [6.07, 6.45) is 0. The maximum Gasteiger partial charge on any atom is 0.234 e. The van der Waals surface area contributed by atoms with Crippen molar-refractivity contribution < 1.29 is 4.79 Å². The van der Waals surface area contributed by atoms with Crippen LogP contribution in [0.2, 0.25) is 0 Å². The van der Waals surface area contributed by atoms with E-state index in [0.717, 1.165) is 6.54 Å². The van der Waals surface area contributed by atoms with Gasteiger partial charge in [-0.2, -0.15) is 0 Å². The zero-order valence-electron chi connectivity index (χ0n) is 11.4. The number of nitrogens with zero attached hydrogens (tertiary/aromatic N) is 1. The van der Waals surface area contributed by atoms with E-state index in [1.165, 1.54) is 10.4 Å². The van der Waals surface area contributed by atoms with Crippen LogP contribution < -0.4 is 11.1 Å². The largest absolute Gasteiger partial charge is 0.355 e. The number of aryl methyl sites for hydroxylation is 1. The van der Waals surface area contributed by atoms with Crippen molar-refractivity contribution in [3.8, 4) is 0 Å². The minimum Gasteiger partial charge on any atom is -0.355 e. The van der Waals surface area contributed by atoms with Gasteiger partial charge in [-0.1, -0.05) is 6.92 Å². The number of hydrogen-bond acceptors (Lipinski definition) is 4. The molecule has 1 atom stereocenters. The van der Waals surface area contributed by atoms with Crippen molar-refractivity contribution >= 4 is 17.2 Å². The molecule has 1 amide bonds. The second-order valence-electron chi connectivity index (χ2n) is 4.24. The van der Waals surface area contributed by atoms with E-state index in [2.05, 4.69) is 35.5 Å². The number of rotatable bonds is 7. The molecule has 1 rings (SSSR count). The van der Waals surface area contributed by atoms with Crippen molar-refractivity contribution in [3.63, 3.8) is 0 Å². The predicted octanol–water partition coefficient (Wildman–Crippen LogP) is 1.51. The highest BCUT2D eigenvalue weighted by Gasteiger charge is 2.22. The number of amides is 1. The second-order valence-corrected chi connectivity index (χ2v) is 5.18. The quantitative estimate of drug-likeness (QED) is 0.789. The summed E-state index contributed by atoms with van der Waals surface area (Å²) in [5.74, 6) is 0.0620. The lowest BCUT2D eigenvalue weighted by molar-refractivity contribution is -0.122. The second kappa shape index (κ2) is 7.51. The van der Waals surface area contributed by atoms with Crippen LogP contribution in [-0.4, -0.2) is 37.0 Å². The van der Waals surface area contributed by atoms with Gasteiger partial charge in [-0.25, -0.2) is 0 Å². The Kier molecular flexibility index (Phi) is 6.32. The third kappa shape index (κ3) is 3.80. The highest BCUT2D eigenvalue weighted by atomic mass is 32.1. The summed E-state index contributed by atoms with van der Waals surface area (Å²) >= 11 is 1.71. The molecule has 1 aromatic rings. The van der Waals surface area contributed by atoms with Gasteiger partial charge in [0.25, 0.3) is 0 Å². The number of thiophene rings is 1. The standard InChI is InChI=1S/C13H23N3OS/c1-4-15-12(17)9-16(5-2)11(8-14)13-10(3)6-7-18-13/h6-7,11H,4-5,8-9,14H2,1-3H3,(H,15,17). The van der Waals surface area contributed by atoms with Crippen LogP contribution in [-0.2, 0) is 4.79 Å². The lowest BCUT2D eigenvalue weighted by Crippen LogP contribution is -2.41. The number of nitrogens with two attached hydrogens (primary N) is 1. The molecule has 0 aliphatic heterocycles. The van der Waals surface area contributed by atoms with E-state index in [9.17, 15) is 4.79 Å². The Bertz CT molecular complexity index is 378. The number of nitrogens with one attached hydrogen (secondary N) is 1. The van der Waals surface area contributed by atoms with Crippen molar-refractivity contribution in [2.75, 3.05) is 26.2 Å². The first-order valence-corrected chi connectivity index (χ1v) is 7.26. The molecule has 0 aromatic carbocycles. The van der Waals surface area contributed by atoms with Crippen molar-refractivity contribution in [1.29, 1.82) is 0 Å². The van der Waals surface area contributed by atoms with Crippen LogP contribution in [0.3, 0.4) is 0 Å². The molecule has 0 aliphatic rings. The molecule has 1 heterocycles. The molecular weight excluding hydrogens is 246 g/mol. The van der Waals surface area contributed by atoms with Crippen molar-refractivity contribution in [3.05, 3.63) is 21.9 Å². The van der Waals surface area contributed by atoms with E-state index >= 15 is 0 Å². The number of hydrogen-bond donors (Lipinski definition) is 2. The van der Waals surface area contributed by atoms with Gasteiger partial charge in [-0.3, -0.25) is 9.69 Å². The molecular formula is C13H23N3OS. The summed E-state index contributed by atoms with van der Waals surface area (Å²) in [4.78, 5) is 15.1. The fraction of sp³-hybridized carbons (Fsp3) is 0.615. The smallest absolute Gasteiger partial charge is 0.234 e. The van der Waals surface area contributed by atoms with Crippen molar-refractivity contribution in [2.24, 2.45) is 5.73 Å². The zero-order valence-corrected chi connectivity index (χ0v) is 12.2. The van der Waals surface area contributed by atoms with Gasteiger partial charge in [-0.15, -0.1) is 11.3 Å². The third-order valence-corrected chi connectivity index (χ3v) is 4.12. The predicted molar refractivity (Wildman–Crippen MR) is 76.8 cm³/mol. The maximum atomic E-state index is 11.7. The minimum atomic E-state index is 0.0620. The first-order chi connectivity index (χ1) is 8.63. The Morgan fingerprint density at radius 3 is 2.72 bits per heavy atom. The monoisotopic (exact) mass is 269 g/mol. The summed E-state index contributed by atoms with van der Waals surface area (Å²) in [7, 11) is 0. The molecule has 0 saturated heterocycles. The molecule has 0 fully saturated rings. The molecule has 0 spiro atoms. The Labute approximate surface area is 113 Å². The van der Waals surface area contributed by atoms with E-state index in [-0.39, 0.29) is 11.9 Å². The maximum absolute atomic E-state index is 11.7. The van der Waals surface area contributed by atoms with Gasteiger partial charge in [0.15, 0.2) is 0 Å². The lowest BCUT2D eigenvalue weighted by Gasteiger charge is -2.29. The van der Waals surface area contributed by atoms with E-state index < -0.39 is 0 Å². The third-order valence-electron chi connectivity index (χ3n) is 3.00. The van der Waals surface area contributed by atoms with E-state index in [0.29, 0.717) is 19.6 Å². The van der Waals surface area contributed by atoms with Gasteiger partial charge in [0.05, 0.1) is 12.6 Å². The summed E-state index contributed by atoms with van der Waals surface area (Å²) in [6, 6.07) is 2.24. The van der Waals surface area contributed by atoms with E-state index in [1.807, 2.05) is 6.92 Å². The van der Waals surface area contributed by atoms with Gasteiger partial charge in [0.1, 0.15) is 0 Å². The highest BCUT2D eigenvalue weighted by Crippen LogP contribution is 2.27. The van der Waals surface area contributed by atoms with Crippen LogP contribution in [0.4, 0.5) is 0 Å². The van der Waals surface area contributed by atoms with Crippen LogP contribution in [0.1, 0.15) is 30.3 Å². The molecule has 0 aliphatic carbocycles. The molecule has 5 heteroatoms. The highest BCUT2D eigenvalue weighted by molar-refractivity contribution is 7.10. The number of carbonyl (C=O) groups is 1. The average Bonchev–Trinajstić information content (AvgIpc) is 2.76. The number of carbonyl (C=O) groups excluding carboxylic acids is 1. The topological polar surface area (TPSA) is 58.4 Å². The van der Waals surface area contributed by atoms with E-state index in [4.69, 9.17) is 5.73 Å². The van der Waals surface area contributed by atoms with E-state index in [1.54, 1.807) is 11.3 Å². The van der Waals surface area contributed by atoms with Gasteiger partial charge in [-0.05, 0) is 37.4 Å². The molecule has 4 nitrogen and oxygen atoms in total. The van der Waals surface area contributed by atoms with Crippen molar-refractivity contribution in [2.45, 2.75) is 26.8 Å². The molecule has 1 unspecified atom stereocenters. The molecule has 0 bridgehead atoms. The first kappa shape index (κ1) is 15.1. The zero-order chi connectivity index (χ0) is 13.5. The Morgan fingerprint density at radius 1 is 1.56 bits per heavy atom. The summed E-state index contributed by atoms with van der Waals surface area (Å²) in [5, 5.41) is 4.91. The van der Waals surface area contributed by atoms with Gasteiger partial charge in [0.2, 0.25) is 5.91 Å². The van der Waals surface area contributed by atoms with Gasteiger partial charge >= 0.3 is 0 Å². The van der Waals surface area contributed by atoms with Crippen LogP contribution in [0, 0.1) is 6.92 Å². The first-order valence-electron chi connectivity index (χ1n) is 6.38. The average molecular weight is 269 g/mol. The molecule has 0 radical (unpaired) electrons. The number of likely N-dealkylation sites (N-methyl/N-ethyl adjacent to an activating group) is 2. The van der Waals surface area contributed by atoms with Crippen LogP contribution in [0.25, 0.3) is 0 Å². The van der Waals surface area contributed by atoms with Crippen LogP contribution in [0.5, 0.6) is 0 Å². The van der Waals surface area contributed by atoms with Gasteiger partial charge in [0, 0.05) is 18.0 Å². The van der Waals surface area contributed by atoms with Crippen LogP contribution >= 0.6 is 11.3 Å². The summed E-state index contributed by atoms with van der Waals surface area (Å²) < 4.78 is 0. The normalized spacial score (nSPS) is 12.7. The Hall–Kier alpha value is -0.910. The molecule has 1 aromatic heterocycles. The lowest BCUT2D eigenvalue weighted by atomic mass is 10.1. The fourth-order valence-electron chi connectivity index (χ4n) is 2.03. The molecule has 18 heavy (non-hydrogen) atoms. The van der Waals surface area contributed by atoms with Gasteiger partial charge < -0.3 is 11.1 Å². The SMILES string of the molecule is CCNC(=O)CN(CC)C(CN)c1sccc1C. The minimum absolute atomic E-state index is 0.0620. The Balaban J connectivity index is 2.78. The summed E-state index contributed by atoms with van der Waals surface area (Å²) in [5.41, 5.74) is 7.15.